The molecule has 5 rings (SSSR count). The van der Waals surface area contributed by atoms with Crippen molar-refractivity contribution in [2.75, 3.05) is 26.2 Å². The van der Waals surface area contributed by atoms with Crippen LogP contribution in [0.5, 0.6) is 5.75 Å². The van der Waals surface area contributed by atoms with Gasteiger partial charge in [0.2, 0.25) is 0 Å². The number of nitrogens with one attached hydrogen (secondary N) is 1. The van der Waals surface area contributed by atoms with Gasteiger partial charge in [0, 0.05) is 61.0 Å². The highest BCUT2D eigenvalue weighted by atomic mass is 16.5. The maximum atomic E-state index is 12.5. The molecule has 0 radical (unpaired) electrons. The number of aromatic nitrogens is 1. The number of aromatic amines is 1. The Labute approximate surface area is 187 Å². The number of carbonyl (C=O) groups is 1. The van der Waals surface area contributed by atoms with E-state index in [1.165, 1.54) is 0 Å². The van der Waals surface area contributed by atoms with Gasteiger partial charge in [-0.25, -0.2) is 0 Å². The number of hydrogen-bond acceptors (Lipinski definition) is 4. The Bertz CT molecular complexity index is 1140. The van der Waals surface area contributed by atoms with E-state index in [9.17, 15) is 9.59 Å². The number of pyridine rings is 1. The molecule has 0 atom stereocenters. The van der Waals surface area contributed by atoms with Gasteiger partial charge in [-0.3, -0.25) is 14.5 Å². The van der Waals surface area contributed by atoms with Gasteiger partial charge in [-0.15, -0.1) is 0 Å². The molecule has 1 N–H and O–H groups in total. The van der Waals surface area contributed by atoms with E-state index in [2.05, 4.69) is 9.88 Å². The standard InChI is InChI=1S/C26H29N3O3/c30-25-17-20(27-24-6-2-1-5-23(24)25)18-28-15-11-22(12-16-28)32-21-9-7-19(8-10-21)26(31)29-13-3-4-14-29/h1-2,5-10,17,22H,3-4,11-16,18H2,(H,27,30). The van der Waals surface area contributed by atoms with Gasteiger partial charge in [0.15, 0.2) is 5.43 Å². The van der Waals surface area contributed by atoms with Crippen LogP contribution < -0.4 is 10.2 Å². The van der Waals surface area contributed by atoms with Gasteiger partial charge in [-0.2, -0.15) is 0 Å². The number of para-hydroxylation sites is 1. The zero-order valence-corrected chi connectivity index (χ0v) is 18.3. The monoisotopic (exact) mass is 431 g/mol. The van der Waals surface area contributed by atoms with Gasteiger partial charge < -0.3 is 14.6 Å². The first-order chi connectivity index (χ1) is 15.7. The lowest BCUT2D eigenvalue weighted by molar-refractivity contribution is 0.0792. The lowest BCUT2D eigenvalue weighted by Crippen LogP contribution is -2.38. The summed E-state index contributed by atoms with van der Waals surface area (Å²) in [6.45, 7) is 4.31. The van der Waals surface area contributed by atoms with Crippen LogP contribution in [0.2, 0.25) is 0 Å². The van der Waals surface area contributed by atoms with Crippen LogP contribution in [-0.4, -0.2) is 53.0 Å². The number of amides is 1. The fourth-order valence-corrected chi connectivity index (χ4v) is 4.73. The average Bonchev–Trinajstić information content (AvgIpc) is 3.36. The smallest absolute Gasteiger partial charge is 0.253 e. The van der Waals surface area contributed by atoms with Gasteiger partial charge in [0.05, 0.1) is 0 Å². The minimum atomic E-state index is 0.0687. The first-order valence-electron chi connectivity index (χ1n) is 11.5. The number of H-pyrrole nitrogens is 1. The molecule has 0 unspecified atom stereocenters. The molecule has 2 aromatic carbocycles. The second-order valence-electron chi connectivity index (χ2n) is 8.82. The molecule has 2 fully saturated rings. The fourth-order valence-electron chi connectivity index (χ4n) is 4.73. The van der Waals surface area contributed by atoms with Crippen molar-refractivity contribution in [1.82, 2.24) is 14.8 Å². The van der Waals surface area contributed by atoms with Crippen molar-refractivity contribution in [3.05, 3.63) is 76.1 Å². The Morgan fingerprint density at radius 2 is 1.69 bits per heavy atom. The zero-order valence-electron chi connectivity index (χ0n) is 18.3. The number of hydrogen-bond donors (Lipinski definition) is 1. The second-order valence-corrected chi connectivity index (χ2v) is 8.82. The Morgan fingerprint density at radius 3 is 2.44 bits per heavy atom. The van der Waals surface area contributed by atoms with Crippen molar-refractivity contribution in [2.24, 2.45) is 0 Å². The predicted octanol–water partition coefficient (Wildman–Crippen LogP) is 3.81. The Morgan fingerprint density at radius 1 is 0.969 bits per heavy atom. The number of ether oxygens (including phenoxy) is 1. The molecule has 0 aliphatic carbocycles. The van der Waals surface area contributed by atoms with Crippen molar-refractivity contribution < 1.29 is 9.53 Å². The summed E-state index contributed by atoms with van der Waals surface area (Å²) in [4.78, 5) is 32.5. The van der Waals surface area contributed by atoms with Crippen molar-refractivity contribution in [3.8, 4) is 5.75 Å². The molecule has 3 heterocycles. The van der Waals surface area contributed by atoms with Crippen LogP contribution in [0, 0.1) is 0 Å². The molecule has 2 aliphatic heterocycles. The molecular formula is C26H29N3O3. The largest absolute Gasteiger partial charge is 0.490 e. The normalized spacial score (nSPS) is 17.7. The van der Waals surface area contributed by atoms with Crippen molar-refractivity contribution in [3.63, 3.8) is 0 Å². The van der Waals surface area contributed by atoms with Crippen LogP contribution in [0.25, 0.3) is 10.9 Å². The third-order valence-electron chi connectivity index (χ3n) is 6.52. The molecule has 2 saturated heterocycles. The topological polar surface area (TPSA) is 65.6 Å². The molecule has 0 saturated carbocycles. The minimum Gasteiger partial charge on any atom is -0.490 e. The summed E-state index contributed by atoms with van der Waals surface area (Å²) in [6.07, 6.45) is 4.24. The molecule has 166 valence electrons. The molecule has 1 aromatic heterocycles. The number of rotatable bonds is 5. The summed E-state index contributed by atoms with van der Waals surface area (Å²) in [5.74, 6) is 0.939. The third kappa shape index (κ3) is 4.55. The number of carbonyl (C=O) groups excluding carboxylic acids is 1. The Hall–Kier alpha value is -3.12. The molecule has 6 nitrogen and oxygen atoms in total. The average molecular weight is 432 g/mol. The summed E-state index contributed by atoms with van der Waals surface area (Å²) in [5, 5.41) is 0.733. The summed E-state index contributed by atoms with van der Waals surface area (Å²) >= 11 is 0. The maximum Gasteiger partial charge on any atom is 0.253 e. The lowest BCUT2D eigenvalue weighted by Gasteiger charge is -2.32. The number of nitrogens with zero attached hydrogens (tertiary/aromatic N) is 2. The molecule has 0 spiro atoms. The van der Waals surface area contributed by atoms with E-state index in [1.807, 2.05) is 53.4 Å². The van der Waals surface area contributed by atoms with E-state index in [1.54, 1.807) is 6.07 Å². The molecule has 0 bridgehead atoms. The Kier molecular flexibility index (Phi) is 5.95. The van der Waals surface area contributed by atoms with Crippen LogP contribution >= 0.6 is 0 Å². The SMILES string of the molecule is O=C(c1ccc(OC2CCN(Cc3cc(=O)c4ccccc4[nH]3)CC2)cc1)N1CCCC1. The summed E-state index contributed by atoms with van der Waals surface area (Å²) in [6, 6.07) is 16.9. The first-order valence-corrected chi connectivity index (χ1v) is 11.5. The first kappa shape index (κ1) is 20.8. The highest BCUT2D eigenvalue weighted by Crippen LogP contribution is 2.22. The molecular weight excluding hydrogens is 402 g/mol. The van der Waals surface area contributed by atoms with Gasteiger partial charge in [0.1, 0.15) is 11.9 Å². The number of fused-ring (bicyclic) bond motifs is 1. The summed E-state index contributed by atoms with van der Waals surface area (Å²) in [7, 11) is 0. The highest BCUT2D eigenvalue weighted by molar-refractivity contribution is 5.94. The number of piperidine rings is 1. The van der Waals surface area contributed by atoms with Gasteiger partial charge in [-0.1, -0.05) is 12.1 Å². The molecule has 6 heteroatoms. The lowest BCUT2D eigenvalue weighted by atomic mass is 10.1. The van der Waals surface area contributed by atoms with Crippen LogP contribution in [0.3, 0.4) is 0 Å². The maximum absolute atomic E-state index is 12.5. The van der Waals surface area contributed by atoms with Crippen molar-refractivity contribution in [2.45, 2.75) is 38.3 Å². The van der Waals surface area contributed by atoms with Crippen LogP contribution in [-0.2, 0) is 6.54 Å². The molecule has 3 aromatic rings. The van der Waals surface area contributed by atoms with E-state index >= 15 is 0 Å². The van der Waals surface area contributed by atoms with Gasteiger partial charge in [-0.05, 0) is 62.1 Å². The number of likely N-dealkylation sites (tertiary alicyclic amines) is 2. The van der Waals surface area contributed by atoms with E-state index in [4.69, 9.17) is 4.74 Å². The van der Waals surface area contributed by atoms with Crippen LogP contribution in [0.15, 0.2) is 59.4 Å². The van der Waals surface area contributed by atoms with Gasteiger partial charge in [0.25, 0.3) is 5.91 Å². The van der Waals surface area contributed by atoms with E-state index in [0.29, 0.717) is 0 Å². The highest BCUT2D eigenvalue weighted by Gasteiger charge is 2.22. The molecule has 1 amide bonds. The van der Waals surface area contributed by atoms with E-state index < -0.39 is 0 Å². The van der Waals surface area contributed by atoms with E-state index in [0.717, 1.165) is 86.3 Å². The van der Waals surface area contributed by atoms with Gasteiger partial charge >= 0.3 is 0 Å². The molecule has 2 aliphatic rings. The number of benzene rings is 2. The quantitative estimate of drug-likeness (QED) is 0.667. The van der Waals surface area contributed by atoms with Crippen LogP contribution in [0.4, 0.5) is 0 Å². The Balaban J connectivity index is 1.14. The summed E-state index contributed by atoms with van der Waals surface area (Å²) in [5.41, 5.74) is 2.64. The van der Waals surface area contributed by atoms with Crippen LogP contribution in [0.1, 0.15) is 41.7 Å². The summed E-state index contributed by atoms with van der Waals surface area (Å²) < 4.78 is 6.18. The fraction of sp³-hybridized carbons (Fsp3) is 0.385. The van der Waals surface area contributed by atoms with Crippen molar-refractivity contribution in [1.29, 1.82) is 0 Å². The minimum absolute atomic E-state index is 0.0687. The second kappa shape index (κ2) is 9.17. The van der Waals surface area contributed by atoms with Crippen molar-refractivity contribution >= 4 is 16.8 Å². The van der Waals surface area contributed by atoms with E-state index in [-0.39, 0.29) is 17.4 Å². The predicted molar refractivity (Wildman–Crippen MR) is 125 cm³/mol. The molecule has 32 heavy (non-hydrogen) atoms. The zero-order chi connectivity index (χ0) is 21.9. The third-order valence-corrected chi connectivity index (χ3v) is 6.52.